The van der Waals surface area contributed by atoms with Crippen molar-refractivity contribution in [3.8, 4) is 0 Å². The molecule has 0 bridgehead atoms. The van der Waals surface area contributed by atoms with Gasteiger partial charge in [-0.3, -0.25) is 4.79 Å². The molecule has 0 saturated heterocycles. The van der Waals surface area contributed by atoms with Crippen molar-refractivity contribution in [3.63, 3.8) is 0 Å². The van der Waals surface area contributed by atoms with E-state index in [0.29, 0.717) is 10.7 Å². The van der Waals surface area contributed by atoms with Crippen molar-refractivity contribution in [1.82, 2.24) is 15.4 Å². The van der Waals surface area contributed by atoms with Crippen LogP contribution in [0.1, 0.15) is 17.0 Å². The van der Waals surface area contributed by atoms with Gasteiger partial charge in [0.05, 0.1) is 12.0 Å². The largest absolute Gasteiger partial charge is 0.272 e. The first-order chi connectivity index (χ1) is 10.5. The maximum Gasteiger partial charge on any atom is 0.250 e. The Morgan fingerprint density at radius 3 is 2.68 bits per heavy atom. The highest BCUT2D eigenvalue weighted by Crippen LogP contribution is 2.13. The summed E-state index contributed by atoms with van der Waals surface area (Å²) in [7, 11) is 0. The number of halogens is 1. The normalized spacial score (nSPS) is 10.9. The van der Waals surface area contributed by atoms with E-state index in [4.69, 9.17) is 0 Å². The van der Waals surface area contributed by atoms with E-state index >= 15 is 0 Å². The van der Waals surface area contributed by atoms with Gasteiger partial charge < -0.3 is 0 Å². The van der Waals surface area contributed by atoms with Gasteiger partial charge in [0.15, 0.2) is 5.16 Å². The Bertz CT molecular complexity index is 685. The molecule has 1 heterocycles. The number of nitrogens with zero attached hydrogens (tertiary/aromatic N) is 3. The van der Waals surface area contributed by atoms with Gasteiger partial charge >= 0.3 is 0 Å². The highest BCUT2D eigenvalue weighted by molar-refractivity contribution is 7.99. The predicted molar refractivity (Wildman–Crippen MR) is 84.4 cm³/mol. The summed E-state index contributed by atoms with van der Waals surface area (Å²) in [4.78, 5) is 20.1. The zero-order chi connectivity index (χ0) is 15.9. The van der Waals surface area contributed by atoms with E-state index in [0.717, 1.165) is 11.4 Å². The highest BCUT2D eigenvalue weighted by atomic mass is 32.2. The number of hydrogen-bond acceptors (Lipinski definition) is 5. The Labute approximate surface area is 132 Å². The van der Waals surface area contributed by atoms with Gasteiger partial charge in [-0.25, -0.2) is 19.8 Å². The minimum Gasteiger partial charge on any atom is -0.272 e. The molecular weight excluding hydrogens is 303 g/mol. The molecule has 5 nitrogen and oxygen atoms in total. The molecular formula is C15H15FN4OS. The molecule has 114 valence electrons. The Balaban J connectivity index is 1.84. The third-order valence-electron chi connectivity index (χ3n) is 2.59. The number of amides is 1. The van der Waals surface area contributed by atoms with Crippen molar-refractivity contribution in [3.05, 3.63) is 53.1 Å². The topological polar surface area (TPSA) is 67.2 Å². The summed E-state index contributed by atoms with van der Waals surface area (Å²) >= 11 is 1.22. The molecule has 0 saturated carbocycles. The van der Waals surface area contributed by atoms with Crippen LogP contribution < -0.4 is 5.43 Å². The van der Waals surface area contributed by atoms with Gasteiger partial charge in [0.25, 0.3) is 5.91 Å². The summed E-state index contributed by atoms with van der Waals surface area (Å²) in [6, 6.07) is 8.05. The van der Waals surface area contributed by atoms with E-state index in [-0.39, 0.29) is 11.7 Å². The summed E-state index contributed by atoms with van der Waals surface area (Å²) in [6.45, 7) is 3.75. The number of aromatic nitrogens is 2. The molecule has 0 aliphatic carbocycles. The van der Waals surface area contributed by atoms with Gasteiger partial charge in [-0.1, -0.05) is 30.0 Å². The predicted octanol–water partition coefficient (Wildman–Crippen LogP) is 2.47. The van der Waals surface area contributed by atoms with Crippen LogP contribution in [0.25, 0.3) is 0 Å². The van der Waals surface area contributed by atoms with Crippen LogP contribution in [-0.4, -0.2) is 27.8 Å². The van der Waals surface area contributed by atoms with E-state index in [1.165, 1.54) is 24.0 Å². The summed E-state index contributed by atoms with van der Waals surface area (Å²) in [5.74, 6) is -0.559. The summed E-state index contributed by atoms with van der Waals surface area (Å²) < 4.78 is 13.3. The average molecular weight is 318 g/mol. The van der Waals surface area contributed by atoms with E-state index in [1.807, 2.05) is 19.9 Å². The van der Waals surface area contributed by atoms with Crippen LogP contribution in [-0.2, 0) is 4.79 Å². The molecule has 1 N–H and O–H groups in total. The molecule has 7 heteroatoms. The molecule has 2 rings (SSSR count). The second kappa shape index (κ2) is 7.65. The fraction of sp³-hybridized carbons (Fsp3) is 0.200. The lowest BCUT2D eigenvalue weighted by molar-refractivity contribution is -0.118. The SMILES string of the molecule is Cc1cc(C)nc(SCC(=O)N/N=C\c2ccccc2F)n1. The second-order valence-electron chi connectivity index (χ2n) is 4.54. The number of rotatable bonds is 5. The lowest BCUT2D eigenvalue weighted by Crippen LogP contribution is -2.20. The Kier molecular flexibility index (Phi) is 5.60. The van der Waals surface area contributed by atoms with Crippen LogP contribution in [0.4, 0.5) is 4.39 Å². The van der Waals surface area contributed by atoms with Crippen molar-refractivity contribution in [2.24, 2.45) is 5.10 Å². The maximum atomic E-state index is 13.3. The third kappa shape index (κ3) is 4.92. The first-order valence-corrected chi connectivity index (χ1v) is 7.54. The van der Waals surface area contributed by atoms with Gasteiger partial charge in [0.1, 0.15) is 5.82 Å². The fourth-order valence-corrected chi connectivity index (χ4v) is 2.42. The number of aryl methyl sites for hydroxylation is 2. The Morgan fingerprint density at radius 2 is 2.00 bits per heavy atom. The van der Waals surface area contributed by atoms with Crippen LogP contribution in [0, 0.1) is 19.7 Å². The molecule has 0 fully saturated rings. The molecule has 0 aliphatic heterocycles. The molecule has 0 aliphatic rings. The minimum absolute atomic E-state index is 0.136. The van der Waals surface area contributed by atoms with E-state index in [1.54, 1.807) is 18.2 Å². The number of carbonyl (C=O) groups excluding carboxylic acids is 1. The molecule has 2 aromatic rings. The number of carbonyl (C=O) groups is 1. The Morgan fingerprint density at radius 1 is 1.32 bits per heavy atom. The van der Waals surface area contributed by atoms with Crippen molar-refractivity contribution < 1.29 is 9.18 Å². The molecule has 0 unspecified atom stereocenters. The zero-order valence-corrected chi connectivity index (χ0v) is 13.0. The molecule has 1 aromatic carbocycles. The smallest absolute Gasteiger partial charge is 0.250 e. The minimum atomic E-state index is -0.390. The van der Waals surface area contributed by atoms with E-state index in [9.17, 15) is 9.18 Å². The van der Waals surface area contributed by atoms with Gasteiger partial charge in [-0.05, 0) is 26.0 Å². The van der Waals surface area contributed by atoms with Gasteiger partial charge in [0, 0.05) is 17.0 Å². The van der Waals surface area contributed by atoms with Crippen LogP contribution >= 0.6 is 11.8 Å². The maximum absolute atomic E-state index is 13.3. The summed E-state index contributed by atoms with van der Waals surface area (Å²) in [5.41, 5.74) is 4.37. The molecule has 22 heavy (non-hydrogen) atoms. The third-order valence-corrected chi connectivity index (χ3v) is 3.44. The molecule has 0 atom stereocenters. The number of benzene rings is 1. The lowest BCUT2D eigenvalue weighted by Gasteiger charge is -2.02. The number of thioether (sulfide) groups is 1. The lowest BCUT2D eigenvalue weighted by atomic mass is 10.2. The standard InChI is InChI=1S/C15H15FN4OS/c1-10-7-11(2)19-15(18-10)22-9-14(21)20-17-8-12-5-3-4-6-13(12)16/h3-8H,9H2,1-2H3,(H,20,21)/b17-8-. The van der Waals surface area contributed by atoms with E-state index < -0.39 is 5.82 Å². The van der Waals surface area contributed by atoms with Crippen molar-refractivity contribution >= 4 is 23.9 Å². The van der Waals surface area contributed by atoms with E-state index in [2.05, 4.69) is 20.5 Å². The molecule has 0 spiro atoms. The van der Waals surface area contributed by atoms with Crippen molar-refractivity contribution in [2.45, 2.75) is 19.0 Å². The molecule has 0 radical (unpaired) electrons. The Hall–Kier alpha value is -2.28. The zero-order valence-electron chi connectivity index (χ0n) is 12.2. The summed E-state index contributed by atoms with van der Waals surface area (Å²) in [6.07, 6.45) is 1.27. The van der Waals surface area contributed by atoms with Crippen molar-refractivity contribution in [2.75, 3.05) is 5.75 Å². The fourth-order valence-electron chi connectivity index (χ4n) is 1.67. The van der Waals surface area contributed by atoms with Crippen LogP contribution in [0.5, 0.6) is 0 Å². The quantitative estimate of drug-likeness (QED) is 0.398. The van der Waals surface area contributed by atoms with Crippen LogP contribution in [0.15, 0.2) is 40.6 Å². The molecule has 1 amide bonds. The van der Waals surface area contributed by atoms with Gasteiger partial charge in [-0.15, -0.1) is 0 Å². The monoisotopic (exact) mass is 318 g/mol. The van der Waals surface area contributed by atoms with Gasteiger partial charge in [-0.2, -0.15) is 5.10 Å². The first kappa shape index (κ1) is 16.1. The van der Waals surface area contributed by atoms with Crippen LogP contribution in [0.3, 0.4) is 0 Å². The van der Waals surface area contributed by atoms with Gasteiger partial charge in [0.2, 0.25) is 0 Å². The first-order valence-electron chi connectivity index (χ1n) is 6.56. The number of hydrazone groups is 1. The van der Waals surface area contributed by atoms with Crippen molar-refractivity contribution in [1.29, 1.82) is 0 Å². The number of hydrogen-bond donors (Lipinski definition) is 1. The average Bonchev–Trinajstić information content (AvgIpc) is 2.46. The molecule has 1 aromatic heterocycles. The van der Waals surface area contributed by atoms with Crippen LogP contribution in [0.2, 0.25) is 0 Å². The second-order valence-corrected chi connectivity index (χ2v) is 5.48. The number of nitrogens with one attached hydrogen (secondary N) is 1. The summed E-state index contributed by atoms with van der Waals surface area (Å²) in [5, 5.41) is 4.28. The highest BCUT2D eigenvalue weighted by Gasteiger charge is 2.05.